The lowest BCUT2D eigenvalue weighted by Gasteiger charge is -2.09. The summed E-state index contributed by atoms with van der Waals surface area (Å²) in [4.78, 5) is 7.00. The predicted octanol–water partition coefficient (Wildman–Crippen LogP) is 2.47. The molecule has 2 aromatic rings. The van der Waals surface area contributed by atoms with E-state index in [2.05, 4.69) is 9.97 Å². The van der Waals surface area contributed by atoms with Crippen molar-refractivity contribution in [3.63, 3.8) is 0 Å². The van der Waals surface area contributed by atoms with Gasteiger partial charge in [0.1, 0.15) is 0 Å². The lowest BCUT2D eigenvalue weighted by atomic mass is 10.1. The average molecular weight is 283 g/mol. The second-order valence-corrected chi connectivity index (χ2v) is 4.06. The Balaban J connectivity index is 2.08. The number of ether oxygens (including phenoxy) is 2. The molecule has 1 aliphatic rings. The van der Waals surface area contributed by atoms with E-state index < -0.39 is 17.8 Å². The molecular weight excluding hydrogens is 275 g/mol. The van der Waals surface area contributed by atoms with E-state index in [0.29, 0.717) is 17.1 Å². The minimum Gasteiger partial charge on any atom is -0.454 e. The molecule has 0 aliphatic carbocycles. The standard InChI is InChI=1S/C12H8F3N3O2/c13-12(14,15)10-4-7(17-11(16)18-10)6-1-2-8-9(3-6)20-5-19-8/h1-4H,5H2,(H2,16,17,18). The molecular formula is C12H8F3N3O2. The van der Waals surface area contributed by atoms with E-state index in [-0.39, 0.29) is 12.5 Å². The number of nitrogen functional groups attached to an aromatic ring is 1. The van der Waals surface area contributed by atoms with E-state index in [1.165, 1.54) is 0 Å². The highest BCUT2D eigenvalue weighted by Gasteiger charge is 2.33. The quantitative estimate of drug-likeness (QED) is 0.870. The van der Waals surface area contributed by atoms with Gasteiger partial charge >= 0.3 is 6.18 Å². The fraction of sp³-hybridized carbons (Fsp3) is 0.167. The summed E-state index contributed by atoms with van der Waals surface area (Å²) in [6.45, 7) is 0.0818. The van der Waals surface area contributed by atoms with Crippen molar-refractivity contribution >= 4 is 5.95 Å². The maximum Gasteiger partial charge on any atom is 0.433 e. The van der Waals surface area contributed by atoms with Gasteiger partial charge in [0.2, 0.25) is 12.7 Å². The first-order chi connectivity index (χ1) is 9.43. The zero-order chi connectivity index (χ0) is 14.3. The Morgan fingerprint density at radius 2 is 1.80 bits per heavy atom. The molecule has 0 saturated carbocycles. The first-order valence-corrected chi connectivity index (χ1v) is 5.55. The molecule has 1 aromatic heterocycles. The van der Waals surface area contributed by atoms with Gasteiger partial charge in [0.15, 0.2) is 17.2 Å². The molecule has 104 valence electrons. The topological polar surface area (TPSA) is 70.3 Å². The van der Waals surface area contributed by atoms with Crippen LogP contribution in [-0.4, -0.2) is 16.8 Å². The van der Waals surface area contributed by atoms with E-state index in [0.717, 1.165) is 6.07 Å². The molecule has 0 unspecified atom stereocenters. The molecule has 1 aromatic carbocycles. The third kappa shape index (κ3) is 2.20. The second-order valence-electron chi connectivity index (χ2n) is 4.06. The molecule has 2 N–H and O–H groups in total. The molecule has 0 saturated heterocycles. The summed E-state index contributed by atoms with van der Waals surface area (Å²) < 4.78 is 48.4. The largest absolute Gasteiger partial charge is 0.454 e. The van der Waals surface area contributed by atoms with Crippen LogP contribution in [0.15, 0.2) is 24.3 Å². The Morgan fingerprint density at radius 1 is 1.05 bits per heavy atom. The minimum absolute atomic E-state index is 0.0723. The van der Waals surface area contributed by atoms with Gasteiger partial charge in [-0.3, -0.25) is 0 Å². The summed E-state index contributed by atoms with van der Waals surface area (Å²) in [5.74, 6) is 0.549. The number of alkyl halides is 3. The number of rotatable bonds is 1. The Labute approximate surface area is 111 Å². The number of halogens is 3. The second kappa shape index (κ2) is 4.26. The highest BCUT2D eigenvalue weighted by atomic mass is 19.4. The Hall–Kier alpha value is -2.51. The van der Waals surface area contributed by atoms with E-state index in [4.69, 9.17) is 15.2 Å². The molecule has 0 radical (unpaired) electrons. The van der Waals surface area contributed by atoms with Gasteiger partial charge in [-0.05, 0) is 24.3 Å². The summed E-state index contributed by atoms with van der Waals surface area (Å²) in [5, 5.41) is 0. The van der Waals surface area contributed by atoms with Crippen LogP contribution in [0.1, 0.15) is 5.69 Å². The number of nitrogens with zero attached hydrogens (tertiary/aromatic N) is 2. The number of benzene rings is 1. The highest BCUT2D eigenvalue weighted by Crippen LogP contribution is 2.36. The van der Waals surface area contributed by atoms with Crippen molar-refractivity contribution in [2.75, 3.05) is 12.5 Å². The van der Waals surface area contributed by atoms with Crippen molar-refractivity contribution in [2.45, 2.75) is 6.18 Å². The number of aromatic nitrogens is 2. The highest BCUT2D eigenvalue weighted by molar-refractivity contribution is 5.65. The van der Waals surface area contributed by atoms with Gasteiger partial charge in [0.25, 0.3) is 0 Å². The van der Waals surface area contributed by atoms with Crippen LogP contribution in [-0.2, 0) is 6.18 Å². The smallest absolute Gasteiger partial charge is 0.433 e. The molecule has 0 fully saturated rings. The molecule has 0 atom stereocenters. The predicted molar refractivity (Wildman–Crippen MR) is 63.0 cm³/mol. The van der Waals surface area contributed by atoms with Gasteiger partial charge in [-0.15, -0.1) is 0 Å². The molecule has 8 heteroatoms. The van der Waals surface area contributed by atoms with Gasteiger partial charge in [0.05, 0.1) is 5.69 Å². The van der Waals surface area contributed by atoms with Gasteiger partial charge in [-0.2, -0.15) is 13.2 Å². The van der Waals surface area contributed by atoms with Crippen LogP contribution < -0.4 is 15.2 Å². The third-order valence-electron chi connectivity index (χ3n) is 2.70. The summed E-state index contributed by atoms with van der Waals surface area (Å²) in [5.41, 5.74) is 4.75. The van der Waals surface area contributed by atoms with Crippen LogP contribution >= 0.6 is 0 Å². The molecule has 2 heterocycles. The van der Waals surface area contributed by atoms with Crippen molar-refractivity contribution in [1.29, 1.82) is 0 Å². The van der Waals surface area contributed by atoms with Crippen LogP contribution in [0.3, 0.4) is 0 Å². The van der Waals surface area contributed by atoms with Crippen molar-refractivity contribution in [2.24, 2.45) is 0 Å². The maximum atomic E-state index is 12.7. The van der Waals surface area contributed by atoms with Gasteiger partial charge in [-0.25, -0.2) is 9.97 Å². The molecule has 0 bridgehead atoms. The first-order valence-electron chi connectivity index (χ1n) is 5.55. The summed E-state index contributed by atoms with van der Waals surface area (Å²) in [6, 6.07) is 5.57. The van der Waals surface area contributed by atoms with Gasteiger partial charge < -0.3 is 15.2 Å². The van der Waals surface area contributed by atoms with Crippen LogP contribution in [0.4, 0.5) is 19.1 Å². The Bertz CT molecular complexity index is 673. The van der Waals surface area contributed by atoms with Crippen LogP contribution in [0, 0.1) is 0 Å². The van der Waals surface area contributed by atoms with E-state index in [9.17, 15) is 13.2 Å². The lowest BCUT2D eigenvalue weighted by molar-refractivity contribution is -0.141. The number of nitrogens with two attached hydrogens (primary N) is 1. The van der Waals surface area contributed by atoms with E-state index in [1.54, 1.807) is 18.2 Å². The summed E-state index contributed by atoms with van der Waals surface area (Å²) in [6.07, 6.45) is -4.58. The Morgan fingerprint density at radius 3 is 2.55 bits per heavy atom. The SMILES string of the molecule is Nc1nc(-c2ccc3c(c2)OCO3)cc(C(F)(F)F)n1. The fourth-order valence-electron chi connectivity index (χ4n) is 1.81. The molecule has 5 nitrogen and oxygen atoms in total. The maximum absolute atomic E-state index is 12.7. The van der Waals surface area contributed by atoms with Crippen molar-refractivity contribution in [3.05, 3.63) is 30.0 Å². The molecule has 3 rings (SSSR count). The van der Waals surface area contributed by atoms with Crippen LogP contribution in [0.2, 0.25) is 0 Å². The number of hydrogen-bond donors (Lipinski definition) is 1. The Kier molecular flexibility index (Phi) is 2.66. The van der Waals surface area contributed by atoms with Gasteiger partial charge in [0, 0.05) is 5.56 Å². The van der Waals surface area contributed by atoms with E-state index in [1.807, 2.05) is 0 Å². The summed E-state index contributed by atoms with van der Waals surface area (Å²) >= 11 is 0. The van der Waals surface area contributed by atoms with Crippen LogP contribution in [0.25, 0.3) is 11.3 Å². The third-order valence-corrected chi connectivity index (χ3v) is 2.70. The van der Waals surface area contributed by atoms with Crippen molar-refractivity contribution in [1.82, 2.24) is 9.97 Å². The molecule has 1 aliphatic heterocycles. The first kappa shape index (κ1) is 12.5. The normalized spacial score (nSPS) is 13.6. The zero-order valence-electron chi connectivity index (χ0n) is 9.94. The average Bonchev–Trinajstić information content (AvgIpc) is 2.84. The van der Waals surface area contributed by atoms with E-state index >= 15 is 0 Å². The van der Waals surface area contributed by atoms with Crippen LogP contribution in [0.5, 0.6) is 11.5 Å². The van der Waals surface area contributed by atoms with Crippen molar-refractivity contribution in [3.8, 4) is 22.8 Å². The lowest BCUT2D eigenvalue weighted by Crippen LogP contribution is -2.11. The number of anilines is 1. The zero-order valence-corrected chi connectivity index (χ0v) is 9.94. The van der Waals surface area contributed by atoms with Crippen molar-refractivity contribution < 1.29 is 22.6 Å². The molecule has 0 amide bonds. The fourth-order valence-corrected chi connectivity index (χ4v) is 1.81. The monoisotopic (exact) mass is 283 g/mol. The number of hydrogen-bond acceptors (Lipinski definition) is 5. The number of fused-ring (bicyclic) bond motifs is 1. The summed E-state index contributed by atoms with van der Waals surface area (Å²) in [7, 11) is 0. The molecule has 20 heavy (non-hydrogen) atoms. The van der Waals surface area contributed by atoms with Gasteiger partial charge in [-0.1, -0.05) is 0 Å². The molecule has 0 spiro atoms. The minimum atomic E-state index is -4.58.